The molecule has 0 aliphatic carbocycles. The molecule has 0 aromatic heterocycles. The van der Waals surface area contributed by atoms with Crippen LogP contribution in [0, 0.1) is 5.82 Å². The first-order valence-electron chi connectivity index (χ1n) is 7.04. The third kappa shape index (κ3) is 2.60. The number of benzene rings is 2. The van der Waals surface area contributed by atoms with Gasteiger partial charge in [-0.3, -0.25) is 4.99 Å². The molecule has 1 atom stereocenters. The molecular weight excluding hydrogens is 303 g/mol. The van der Waals surface area contributed by atoms with Gasteiger partial charge in [-0.2, -0.15) is 0 Å². The Hall–Kier alpha value is -1.91. The Kier molecular flexibility index (Phi) is 4.14. The van der Waals surface area contributed by atoms with Crippen molar-refractivity contribution in [2.75, 3.05) is 25.1 Å². The van der Waals surface area contributed by atoms with E-state index < -0.39 is 0 Å². The molecule has 1 N–H and O–H groups in total. The number of hydrogen-bond donors (Lipinski definition) is 1. The van der Waals surface area contributed by atoms with Crippen LogP contribution < -0.4 is 4.90 Å². The number of nitrogens with zero attached hydrogens (tertiary/aromatic N) is 2. The minimum absolute atomic E-state index is 0.0212. The van der Waals surface area contributed by atoms with Gasteiger partial charge >= 0.3 is 0 Å². The van der Waals surface area contributed by atoms with E-state index in [0.717, 1.165) is 11.3 Å². The number of aliphatic hydroxyl groups is 1. The summed E-state index contributed by atoms with van der Waals surface area (Å²) in [6, 6.07) is 11.9. The fraction of sp³-hybridized carbons (Fsp3) is 0.235. The highest BCUT2D eigenvalue weighted by Crippen LogP contribution is 2.30. The quantitative estimate of drug-likeness (QED) is 0.923. The fourth-order valence-electron chi connectivity index (χ4n) is 2.67. The van der Waals surface area contributed by atoms with E-state index in [2.05, 4.69) is 4.99 Å². The first kappa shape index (κ1) is 15.0. The molecule has 1 aliphatic heterocycles. The van der Waals surface area contributed by atoms with Crippen LogP contribution in [-0.4, -0.2) is 37.1 Å². The number of hydrogen-bond acceptors (Lipinski definition) is 3. The van der Waals surface area contributed by atoms with E-state index in [1.807, 2.05) is 18.0 Å². The van der Waals surface area contributed by atoms with Crippen molar-refractivity contribution in [2.24, 2.45) is 4.99 Å². The number of aliphatic hydroxyl groups excluding tert-OH is 1. The zero-order chi connectivity index (χ0) is 15.7. The average molecular weight is 319 g/mol. The minimum atomic E-state index is -0.322. The Labute approximate surface area is 133 Å². The van der Waals surface area contributed by atoms with Crippen molar-refractivity contribution in [1.29, 1.82) is 0 Å². The summed E-state index contributed by atoms with van der Waals surface area (Å²) in [5, 5.41) is 10.1. The third-order valence-corrected chi connectivity index (χ3v) is 4.18. The van der Waals surface area contributed by atoms with Crippen LogP contribution >= 0.6 is 11.6 Å². The summed E-state index contributed by atoms with van der Waals surface area (Å²) in [6.45, 7) is 0.371. The van der Waals surface area contributed by atoms with Gasteiger partial charge in [-0.1, -0.05) is 23.7 Å². The smallest absolute Gasteiger partial charge is 0.132 e. The second-order valence-corrected chi connectivity index (χ2v) is 5.71. The summed E-state index contributed by atoms with van der Waals surface area (Å²) in [5.74, 6) is -0.322. The maximum absolute atomic E-state index is 14.2. The average Bonchev–Trinajstić information content (AvgIpc) is 2.65. The Morgan fingerprint density at radius 1 is 1.27 bits per heavy atom. The highest BCUT2D eigenvalue weighted by atomic mass is 35.5. The molecule has 5 heteroatoms. The molecule has 0 saturated carbocycles. The first-order valence-corrected chi connectivity index (χ1v) is 7.42. The van der Waals surface area contributed by atoms with Gasteiger partial charge in [0.2, 0.25) is 0 Å². The molecule has 0 amide bonds. The van der Waals surface area contributed by atoms with Gasteiger partial charge in [-0.05, 0) is 30.3 Å². The molecule has 1 unspecified atom stereocenters. The van der Waals surface area contributed by atoms with Gasteiger partial charge in [-0.25, -0.2) is 4.39 Å². The van der Waals surface area contributed by atoms with Crippen LogP contribution in [0.15, 0.2) is 47.5 Å². The Morgan fingerprint density at radius 2 is 2.05 bits per heavy atom. The van der Waals surface area contributed by atoms with E-state index in [1.54, 1.807) is 30.3 Å². The lowest BCUT2D eigenvalue weighted by atomic mass is 10.00. The number of fused-ring (bicyclic) bond motifs is 1. The summed E-state index contributed by atoms with van der Waals surface area (Å²) in [6.07, 6.45) is 0. The molecule has 3 rings (SSSR count). The number of rotatable bonds is 2. The second kappa shape index (κ2) is 6.07. The normalized spacial score (nSPS) is 17.7. The lowest BCUT2D eigenvalue weighted by molar-refractivity contribution is 0.265. The molecular formula is C17H16ClFN2O. The molecule has 114 valence electrons. The van der Waals surface area contributed by atoms with Crippen molar-refractivity contribution in [3.8, 4) is 0 Å². The Morgan fingerprint density at radius 3 is 2.77 bits per heavy atom. The molecule has 2 aromatic carbocycles. The van der Waals surface area contributed by atoms with Gasteiger partial charge < -0.3 is 10.0 Å². The van der Waals surface area contributed by atoms with Crippen LogP contribution in [0.5, 0.6) is 0 Å². The predicted molar refractivity (Wildman–Crippen MR) is 87.6 cm³/mol. The van der Waals surface area contributed by atoms with Crippen molar-refractivity contribution in [3.05, 3.63) is 64.4 Å². The molecule has 0 spiro atoms. The summed E-state index contributed by atoms with van der Waals surface area (Å²) < 4.78 is 14.2. The number of anilines is 1. The van der Waals surface area contributed by atoms with Gasteiger partial charge in [0.05, 0.1) is 24.9 Å². The van der Waals surface area contributed by atoms with Crippen LogP contribution in [0.25, 0.3) is 0 Å². The maximum atomic E-state index is 14.2. The number of aliphatic imine (C=N–C) groups is 1. The van der Waals surface area contributed by atoms with Gasteiger partial charge in [-0.15, -0.1) is 0 Å². The van der Waals surface area contributed by atoms with Crippen LogP contribution in [-0.2, 0) is 0 Å². The summed E-state index contributed by atoms with van der Waals surface area (Å²) in [4.78, 5) is 6.52. The fourth-order valence-corrected chi connectivity index (χ4v) is 2.84. The molecule has 2 aromatic rings. The Bertz CT molecular complexity index is 732. The highest BCUT2D eigenvalue weighted by Gasteiger charge is 2.25. The van der Waals surface area contributed by atoms with E-state index in [1.165, 1.54) is 6.07 Å². The number of benzodiazepines with no additional fused rings is 1. The van der Waals surface area contributed by atoms with Gasteiger partial charge in [0.15, 0.2) is 0 Å². The number of halogens is 2. The molecule has 22 heavy (non-hydrogen) atoms. The predicted octanol–water partition coefficient (Wildman–Crippen LogP) is 3.13. The van der Waals surface area contributed by atoms with Crippen LogP contribution in [0.1, 0.15) is 11.1 Å². The van der Waals surface area contributed by atoms with Crippen LogP contribution in [0.4, 0.5) is 10.1 Å². The molecule has 0 radical (unpaired) electrons. The molecule has 0 saturated heterocycles. The molecule has 3 nitrogen and oxygen atoms in total. The lowest BCUT2D eigenvalue weighted by Gasteiger charge is -2.27. The van der Waals surface area contributed by atoms with E-state index in [-0.39, 0.29) is 18.5 Å². The van der Waals surface area contributed by atoms with E-state index >= 15 is 0 Å². The standard InChI is InChI=1S/C17H16ClFN2O/c1-21-12(10-22)9-20-17(13-4-2-3-5-15(13)19)14-8-11(18)6-7-16(14)21/h2-8,12,22H,9-10H2,1H3. The van der Waals surface area contributed by atoms with Crippen molar-refractivity contribution in [2.45, 2.75) is 6.04 Å². The lowest BCUT2D eigenvalue weighted by Crippen LogP contribution is -2.36. The van der Waals surface area contributed by atoms with Gasteiger partial charge in [0.25, 0.3) is 0 Å². The Balaban J connectivity index is 2.22. The summed E-state index contributed by atoms with van der Waals surface area (Å²) in [7, 11) is 1.90. The van der Waals surface area contributed by atoms with Crippen LogP contribution in [0.3, 0.4) is 0 Å². The summed E-state index contributed by atoms with van der Waals surface area (Å²) >= 11 is 6.12. The van der Waals surface area contributed by atoms with E-state index in [4.69, 9.17) is 11.6 Å². The maximum Gasteiger partial charge on any atom is 0.132 e. The summed E-state index contributed by atoms with van der Waals surface area (Å²) in [5.41, 5.74) is 2.66. The van der Waals surface area contributed by atoms with E-state index in [0.29, 0.717) is 22.8 Å². The second-order valence-electron chi connectivity index (χ2n) is 5.28. The van der Waals surface area contributed by atoms with Gasteiger partial charge in [0, 0.05) is 28.9 Å². The zero-order valence-electron chi connectivity index (χ0n) is 12.1. The first-order chi connectivity index (χ1) is 10.6. The molecule has 0 fully saturated rings. The molecule has 1 heterocycles. The van der Waals surface area contributed by atoms with Crippen molar-refractivity contribution < 1.29 is 9.50 Å². The largest absolute Gasteiger partial charge is 0.394 e. The molecule has 0 bridgehead atoms. The third-order valence-electron chi connectivity index (χ3n) is 3.94. The topological polar surface area (TPSA) is 35.8 Å². The van der Waals surface area contributed by atoms with Crippen molar-refractivity contribution >= 4 is 23.0 Å². The van der Waals surface area contributed by atoms with Crippen molar-refractivity contribution in [1.82, 2.24) is 0 Å². The minimum Gasteiger partial charge on any atom is -0.394 e. The van der Waals surface area contributed by atoms with Gasteiger partial charge in [0.1, 0.15) is 5.82 Å². The van der Waals surface area contributed by atoms with E-state index in [9.17, 15) is 9.50 Å². The molecule has 1 aliphatic rings. The zero-order valence-corrected chi connectivity index (χ0v) is 12.9. The SMILES string of the molecule is CN1c2ccc(Cl)cc2C(c2ccccc2F)=NCC1CO. The van der Waals surface area contributed by atoms with Crippen LogP contribution in [0.2, 0.25) is 5.02 Å². The highest BCUT2D eigenvalue weighted by molar-refractivity contribution is 6.31. The number of likely N-dealkylation sites (N-methyl/N-ethyl adjacent to an activating group) is 1. The monoisotopic (exact) mass is 318 g/mol. The van der Waals surface area contributed by atoms with Crippen molar-refractivity contribution in [3.63, 3.8) is 0 Å².